The van der Waals surface area contributed by atoms with Crippen LogP contribution in [0.2, 0.25) is 0 Å². The molecular weight excluding hydrogens is 404 g/mol. The van der Waals surface area contributed by atoms with Gasteiger partial charge in [0.15, 0.2) is 5.82 Å². The molecule has 0 spiro atoms. The number of amides is 1. The van der Waals surface area contributed by atoms with Gasteiger partial charge in [0.25, 0.3) is 5.91 Å². The Morgan fingerprint density at radius 1 is 0.969 bits per heavy atom. The van der Waals surface area contributed by atoms with E-state index in [1.165, 1.54) is 0 Å². The van der Waals surface area contributed by atoms with Crippen molar-refractivity contribution in [3.05, 3.63) is 77.1 Å². The van der Waals surface area contributed by atoms with Crippen molar-refractivity contribution in [2.45, 2.75) is 27.7 Å². The van der Waals surface area contributed by atoms with E-state index < -0.39 is 0 Å². The molecular formula is C23H26N8O. The lowest BCUT2D eigenvalue weighted by atomic mass is 10.2. The van der Waals surface area contributed by atoms with Crippen LogP contribution in [0.15, 0.2) is 48.7 Å². The third-order valence-electron chi connectivity index (χ3n) is 5.02. The number of carbonyl (C=O) groups excluding carboxylic acids is 1. The SMILES string of the molecule is Cc1cc(C)n(-c2cc(NCCNC(=O)c3cnn(-c4ccccc4)c3C)nc(C)n2)n1. The van der Waals surface area contributed by atoms with Crippen LogP contribution >= 0.6 is 0 Å². The maximum Gasteiger partial charge on any atom is 0.254 e. The molecule has 4 rings (SSSR count). The summed E-state index contributed by atoms with van der Waals surface area (Å²) in [4.78, 5) is 21.5. The summed E-state index contributed by atoms with van der Waals surface area (Å²) < 4.78 is 3.56. The van der Waals surface area contributed by atoms with E-state index in [0.29, 0.717) is 36.1 Å². The molecule has 0 radical (unpaired) electrons. The second-order valence-electron chi connectivity index (χ2n) is 7.57. The van der Waals surface area contributed by atoms with Crippen LogP contribution in [0, 0.1) is 27.7 Å². The zero-order valence-electron chi connectivity index (χ0n) is 18.6. The smallest absolute Gasteiger partial charge is 0.254 e. The van der Waals surface area contributed by atoms with Crippen LogP contribution in [-0.4, -0.2) is 48.5 Å². The van der Waals surface area contributed by atoms with Gasteiger partial charge in [-0.2, -0.15) is 10.2 Å². The van der Waals surface area contributed by atoms with Crippen LogP contribution in [0.1, 0.15) is 33.3 Å². The van der Waals surface area contributed by atoms with Gasteiger partial charge < -0.3 is 10.6 Å². The number of benzene rings is 1. The molecule has 0 aliphatic rings. The number of aryl methyl sites for hydroxylation is 3. The summed E-state index contributed by atoms with van der Waals surface area (Å²) in [5.74, 6) is 1.88. The average molecular weight is 431 g/mol. The van der Waals surface area contributed by atoms with Gasteiger partial charge in [-0.15, -0.1) is 0 Å². The molecule has 0 saturated carbocycles. The maximum atomic E-state index is 12.6. The van der Waals surface area contributed by atoms with Crippen molar-refractivity contribution in [3.8, 4) is 11.5 Å². The fraction of sp³-hybridized carbons (Fsp3) is 0.261. The summed E-state index contributed by atoms with van der Waals surface area (Å²) in [6, 6.07) is 13.6. The topological polar surface area (TPSA) is 103 Å². The van der Waals surface area contributed by atoms with Gasteiger partial charge in [0, 0.05) is 24.8 Å². The lowest BCUT2D eigenvalue weighted by Gasteiger charge is -2.10. The van der Waals surface area contributed by atoms with E-state index in [9.17, 15) is 4.79 Å². The van der Waals surface area contributed by atoms with E-state index in [0.717, 1.165) is 22.8 Å². The van der Waals surface area contributed by atoms with Crippen molar-refractivity contribution in [2.24, 2.45) is 0 Å². The summed E-state index contributed by atoms with van der Waals surface area (Å²) in [5, 5.41) is 15.0. The molecule has 3 aromatic heterocycles. The Balaban J connectivity index is 1.36. The molecule has 3 heterocycles. The van der Waals surface area contributed by atoms with Crippen molar-refractivity contribution in [3.63, 3.8) is 0 Å². The highest BCUT2D eigenvalue weighted by Gasteiger charge is 2.15. The largest absolute Gasteiger partial charge is 0.368 e. The van der Waals surface area contributed by atoms with Gasteiger partial charge in [-0.05, 0) is 45.9 Å². The molecule has 0 unspecified atom stereocenters. The minimum atomic E-state index is -0.159. The molecule has 9 nitrogen and oxygen atoms in total. The highest BCUT2D eigenvalue weighted by Crippen LogP contribution is 2.15. The zero-order valence-corrected chi connectivity index (χ0v) is 18.6. The Morgan fingerprint density at radius 3 is 2.47 bits per heavy atom. The zero-order chi connectivity index (χ0) is 22.7. The first kappa shape index (κ1) is 21.2. The van der Waals surface area contributed by atoms with Gasteiger partial charge in [0.1, 0.15) is 11.6 Å². The van der Waals surface area contributed by atoms with Crippen LogP contribution in [0.25, 0.3) is 11.5 Å². The second kappa shape index (κ2) is 9.01. The van der Waals surface area contributed by atoms with Crippen molar-refractivity contribution in [2.75, 3.05) is 18.4 Å². The third kappa shape index (κ3) is 4.51. The highest BCUT2D eigenvalue weighted by molar-refractivity contribution is 5.95. The summed E-state index contributed by atoms with van der Waals surface area (Å²) in [5.41, 5.74) is 4.21. The molecule has 9 heteroatoms. The molecule has 1 amide bonds. The molecule has 1 aromatic carbocycles. The minimum absolute atomic E-state index is 0.159. The van der Waals surface area contributed by atoms with Crippen LogP contribution in [0.3, 0.4) is 0 Å². The molecule has 0 saturated heterocycles. The highest BCUT2D eigenvalue weighted by atomic mass is 16.1. The Kier molecular flexibility index (Phi) is 5.98. The van der Waals surface area contributed by atoms with E-state index in [1.807, 2.05) is 70.2 Å². The summed E-state index contributed by atoms with van der Waals surface area (Å²) >= 11 is 0. The summed E-state index contributed by atoms with van der Waals surface area (Å²) in [7, 11) is 0. The number of hydrogen-bond acceptors (Lipinski definition) is 6. The van der Waals surface area contributed by atoms with E-state index in [2.05, 4.69) is 30.8 Å². The number of nitrogens with zero attached hydrogens (tertiary/aromatic N) is 6. The van der Waals surface area contributed by atoms with Crippen molar-refractivity contribution in [1.82, 2.24) is 34.8 Å². The molecule has 0 fully saturated rings. The van der Waals surface area contributed by atoms with Crippen molar-refractivity contribution >= 4 is 11.7 Å². The number of aromatic nitrogens is 6. The standard InChI is InChI=1S/C23H26N8O/c1-15-12-16(2)30(29-15)22-13-21(27-18(4)28-22)24-10-11-25-23(32)20-14-26-31(17(20)3)19-8-6-5-7-9-19/h5-9,12-14H,10-11H2,1-4H3,(H,25,32)(H,24,27,28). The number of nitrogens with one attached hydrogen (secondary N) is 2. The molecule has 32 heavy (non-hydrogen) atoms. The van der Waals surface area contributed by atoms with E-state index in [-0.39, 0.29) is 5.91 Å². The molecule has 164 valence electrons. The summed E-state index contributed by atoms with van der Waals surface area (Å²) in [6.45, 7) is 8.62. The van der Waals surface area contributed by atoms with Gasteiger partial charge in [0.05, 0.1) is 28.8 Å². The van der Waals surface area contributed by atoms with Crippen molar-refractivity contribution in [1.29, 1.82) is 0 Å². The lowest BCUT2D eigenvalue weighted by Crippen LogP contribution is -2.29. The molecule has 4 aromatic rings. The Bertz CT molecular complexity index is 1240. The molecule has 0 aliphatic heterocycles. The predicted octanol–water partition coefficient (Wildman–Crippen LogP) is 2.92. The fourth-order valence-corrected chi connectivity index (χ4v) is 3.54. The number of rotatable bonds is 7. The Morgan fingerprint density at radius 2 is 1.75 bits per heavy atom. The van der Waals surface area contributed by atoms with Crippen LogP contribution in [0.5, 0.6) is 0 Å². The molecule has 0 bridgehead atoms. The van der Waals surface area contributed by atoms with Crippen LogP contribution in [-0.2, 0) is 0 Å². The van der Waals surface area contributed by atoms with E-state index >= 15 is 0 Å². The monoisotopic (exact) mass is 430 g/mol. The van der Waals surface area contributed by atoms with Gasteiger partial charge >= 0.3 is 0 Å². The Labute approximate surface area is 186 Å². The maximum absolute atomic E-state index is 12.6. The second-order valence-corrected chi connectivity index (χ2v) is 7.57. The molecule has 0 aliphatic carbocycles. The first-order chi connectivity index (χ1) is 15.4. The van der Waals surface area contributed by atoms with Crippen molar-refractivity contribution < 1.29 is 4.79 Å². The third-order valence-corrected chi connectivity index (χ3v) is 5.02. The minimum Gasteiger partial charge on any atom is -0.368 e. The fourth-order valence-electron chi connectivity index (χ4n) is 3.54. The van der Waals surface area contributed by atoms with E-state index in [1.54, 1.807) is 15.6 Å². The first-order valence-corrected chi connectivity index (χ1v) is 10.4. The van der Waals surface area contributed by atoms with Gasteiger partial charge in [0.2, 0.25) is 0 Å². The molecule has 0 atom stereocenters. The van der Waals surface area contributed by atoms with Gasteiger partial charge in [-0.3, -0.25) is 4.79 Å². The quantitative estimate of drug-likeness (QED) is 0.437. The Hall–Kier alpha value is -4.01. The number of para-hydroxylation sites is 1. The number of carbonyl (C=O) groups is 1. The lowest BCUT2D eigenvalue weighted by molar-refractivity contribution is 0.0954. The normalized spacial score (nSPS) is 10.9. The first-order valence-electron chi connectivity index (χ1n) is 10.4. The van der Waals surface area contributed by atoms with Crippen LogP contribution in [0.4, 0.5) is 5.82 Å². The van der Waals surface area contributed by atoms with E-state index in [4.69, 9.17) is 0 Å². The van der Waals surface area contributed by atoms with Crippen LogP contribution < -0.4 is 10.6 Å². The summed E-state index contributed by atoms with van der Waals surface area (Å²) in [6.07, 6.45) is 1.60. The molecule has 2 N–H and O–H groups in total. The van der Waals surface area contributed by atoms with Gasteiger partial charge in [-0.25, -0.2) is 19.3 Å². The number of hydrogen-bond donors (Lipinski definition) is 2. The average Bonchev–Trinajstić information content (AvgIpc) is 3.32. The number of anilines is 1. The predicted molar refractivity (Wildman–Crippen MR) is 122 cm³/mol. The van der Waals surface area contributed by atoms with Gasteiger partial charge in [-0.1, -0.05) is 18.2 Å².